The van der Waals surface area contributed by atoms with Crippen LogP contribution in [0, 0.1) is 12.3 Å². The molecule has 1 saturated heterocycles. The summed E-state index contributed by atoms with van der Waals surface area (Å²) in [6.45, 7) is 0.116. The van der Waals surface area contributed by atoms with Crippen molar-refractivity contribution < 1.29 is 19.8 Å². The minimum absolute atomic E-state index is 0.116. The van der Waals surface area contributed by atoms with Gasteiger partial charge in [0.2, 0.25) is 5.91 Å². The summed E-state index contributed by atoms with van der Waals surface area (Å²) in [4.78, 5) is 23.9. The summed E-state index contributed by atoms with van der Waals surface area (Å²) in [5, 5.41) is 18.3. The van der Waals surface area contributed by atoms with Crippen molar-refractivity contribution in [1.29, 1.82) is 0 Å². The minimum atomic E-state index is -1.06. The van der Waals surface area contributed by atoms with E-state index >= 15 is 0 Å². The van der Waals surface area contributed by atoms with Crippen LogP contribution in [-0.4, -0.2) is 45.7 Å². The quantitative estimate of drug-likeness (QED) is 0.531. The molecular weight excluding hydrogens is 222 g/mol. The fraction of sp³-hybridized carbons (Fsp3) is 0.667. The number of carbonyl (C=O) groups excluding carboxylic acids is 1. The lowest BCUT2D eigenvalue weighted by atomic mass is 10.1. The van der Waals surface area contributed by atoms with Crippen molar-refractivity contribution in [3.63, 3.8) is 0 Å². The Balaban J connectivity index is 2.44. The van der Waals surface area contributed by atoms with Gasteiger partial charge in [0.1, 0.15) is 6.04 Å². The maximum Gasteiger partial charge on any atom is 0.326 e. The third-order valence-electron chi connectivity index (χ3n) is 2.85. The van der Waals surface area contributed by atoms with Crippen molar-refractivity contribution in [2.45, 2.75) is 44.2 Å². The van der Waals surface area contributed by atoms with E-state index in [1.54, 1.807) is 0 Å². The average Bonchev–Trinajstić information content (AvgIpc) is 2.66. The van der Waals surface area contributed by atoms with E-state index in [0.717, 1.165) is 6.42 Å². The molecule has 2 atom stereocenters. The number of nitrogens with zero attached hydrogens (tertiary/aromatic N) is 1. The first kappa shape index (κ1) is 13.5. The van der Waals surface area contributed by atoms with Crippen LogP contribution >= 0.6 is 0 Å². The summed E-state index contributed by atoms with van der Waals surface area (Å²) in [7, 11) is 0. The number of aliphatic carboxylic acids is 1. The molecule has 0 aliphatic carbocycles. The van der Waals surface area contributed by atoms with Gasteiger partial charge in [0, 0.05) is 25.8 Å². The number of carboxylic acids is 1. The van der Waals surface area contributed by atoms with Crippen molar-refractivity contribution in [3.05, 3.63) is 0 Å². The minimum Gasteiger partial charge on any atom is -0.480 e. The van der Waals surface area contributed by atoms with E-state index in [2.05, 4.69) is 5.92 Å². The zero-order chi connectivity index (χ0) is 12.8. The van der Waals surface area contributed by atoms with Crippen LogP contribution in [-0.2, 0) is 9.59 Å². The number of terminal acetylenes is 1. The monoisotopic (exact) mass is 239 g/mol. The van der Waals surface area contributed by atoms with E-state index in [1.165, 1.54) is 4.90 Å². The number of aliphatic hydroxyl groups excluding tert-OH is 1. The third kappa shape index (κ3) is 3.75. The molecule has 1 amide bonds. The fourth-order valence-corrected chi connectivity index (χ4v) is 1.97. The Hall–Kier alpha value is -1.54. The number of aliphatic hydroxyl groups is 1. The Morgan fingerprint density at radius 1 is 1.41 bits per heavy atom. The van der Waals surface area contributed by atoms with Gasteiger partial charge in [0.05, 0.1) is 6.10 Å². The van der Waals surface area contributed by atoms with Gasteiger partial charge in [0.25, 0.3) is 0 Å². The molecule has 1 fully saturated rings. The maximum absolute atomic E-state index is 11.8. The highest BCUT2D eigenvalue weighted by Gasteiger charge is 2.38. The van der Waals surface area contributed by atoms with Gasteiger partial charge in [-0.25, -0.2) is 4.79 Å². The van der Waals surface area contributed by atoms with Gasteiger partial charge in [0.15, 0.2) is 0 Å². The summed E-state index contributed by atoms with van der Waals surface area (Å²) in [5.74, 6) is 1.21. The average molecular weight is 239 g/mol. The Bertz CT molecular complexity index is 334. The molecule has 94 valence electrons. The van der Waals surface area contributed by atoms with Crippen molar-refractivity contribution in [3.8, 4) is 12.3 Å². The van der Waals surface area contributed by atoms with Crippen molar-refractivity contribution in [2.24, 2.45) is 0 Å². The van der Waals surface area contributed by atoms with Crippen LogP contribution in [0.3, 0.4) is 0 Å². The molecule has 0 bridgehead atoms. The molecule has 1 rings (SSSR count). The summed E-state index contributed by atoms with van der Waals surface area (Å²) in [5.41, 5.74) is 0. The zero-order valence-electron chi connectivity index (χ0n) is 9.63. The molecule has 0 saturated carbocycles. The maximum atomic E-state index is 11.8. The molecule has 5 heteroatoms. The molecule has 0 spiro atoms. The molecule has 2 N–H and O–H groups in total. The summed E-state index contributed by atoms with van der Waals surface area (Å²) >= 11 is 0. The van der Waals surface area contributed by atoms with E-state index in [-0.39, 0.29) is 25.3 Å². The van der Waals surface area contributed by atoms with E-state index in [0.29, 0.717) is 12.8 Å². The number of rotatable bonds is 5. The number of likely N-dealkylation sites (tertiary alicyclic amines) is 1. The van der Waals surface area contributed by atoms with Crippen LogP contribution in [0.25, 0.3) is 0 Å². The first-order chi connectivity index (χ1) is 8.06. The fourth-order valence-electron chi connectivity index (χ4n) is 1.97. The number of hydrogen-bond donors (Lipinski definition) is 2. The molecular formula is C12H17NO4. The number of carboxylic acid groups (broad SMARTS) is 1. The van der Waals surface area contributed by atoms with Crippen LogP contribution in [0.1, 0.15) is 32.1 Å². The van der Waals surface area contributed by atoms with E-state index in [9.17, 15) is 14.7 Å². The predicted octanol–water partition coefficient (Wildman–Crippen LogP) is 0.226. The first-order valence-electron chi connectivity index (χ1n) is 5.70. The highest BCUT2D eigenvalue weighted by molar-refractivity contribution is 5.84. The highest BCUT2D eigenvalue weighted by atomic mass is 16.4. The highest BCUT2D eigenvalue weighted by Crippen LogP contribution is 2.19. The lowest BCUT2D eigenvalue weighted by molar-refractivity contribution is -0.148. The Kier molecular flexibility index (Phi) is 4.98. The molecule has 1 heterocycles. The van der Waals surface area contributed by atoms with Crippen LogP contribution in [0.4, 0.5) is 0 Å². The number of carbonyl (C=O) groups is 2. The zero-order valence-corrected chi connectivity index (χ0v) is 9.63. The number of hydrogen-bond acceptors (Lipinski definition) is 3. The van der Waals surface area contributed by atoms with E-state index in [1.807, 2.05) is 0 Å². The molecule has 0 aromatic heterocycles. The Morgan fingerprint density at radius 2 is 2.12 bits per heavy atom. The number of amides is 1. The summed E-state index contributed by atoms with van der Waals surface area (Å²) in [6.07, 6.45) is 6.81. The Labute approximate surface area is 100 Å². The van der Waals surface area contributed by atoms with Crippen molar-refractivity contribution in [2.75, 3.05) is 6.54 Å². The van der Waals surface area contributed by atoms with Crippen LogP contribution in [0.2, 0.25) is 0 Å². The molecule has 1 aliphatic rings. The standard InChI is InChI=1S/C12H17NO4/c1-2-3-4-5-6-11(15)13-8-9(14)7-10(13)12(16)17/h1,9-10,14H,3-8H2,(H,16,17)/t9-,10+/m1/s1. The second-order valence-corrected chi connectivity index (χ2v) is 4.20. The normalized spacial score (nSPS) is 23.4. The molecule has 17 heavy (non-hydrogen) atoms. The lowest BCUT2D eigenvalue weighted by Gasteiger charge is -2.20. The van der Waals surface area contributed by atoms with Gasteiger partial charge < -0.3 is 15.1 Å². The van der Waals surface area contributed by atoms with Crippen LogP contribution in [0.15, 0.2) is 0 Å². The van der Waals surface area contributed by atoms with Crippen molar-refractivity contribution in [1.82, 2.24) is 4.90 Å². The molecule has 0 unspecified atom stereocenters. The second kappa shape index (κ2) is 6.26. The van der Waals surface area contributed by atoms with E-state index in [4.69, 9.17) is 11.5 Å². The van der Waals surface area contributed by atoms with E-state index < -0.39 is 18.1 Å². The molecule has 0 aromatic rings. The summed E-state index contributed by atoms with van der Waals surface area (Å²) in [6, 6.07) is -0.884. The van der Waals surface area contributed by atoms with Gasteiger partial charge in [-0.3, -0.25) is 4.79 Å². The topological polar surface area (TPSA) is 77.8 Å². The molecule has 0 aromatic carbocycles. The predicted molar refractivity (Wildman–Crippen MR) is 61.1 cm³/mol. The van der Waals surface area contributed by atoms with Crippen LogP contribution < -0.4 is 0 Å². The molecule has 1 aliphatic heterocycles. The van der Waals surface area contributed by atoms with Crippen LogP contribution in [0.5, 0.6) is 0 Å². The smallest absolute Gasteiger partial charge is 0.326 e. The van der Waals surface area contributed by atoms with Gasteiger partial charge in [-0.2, -0.15) is 0 Å². The number of β-amino-alcohol motifs (C(OH)–C–C–N with tert-alkyl or cyclic N) is 1. The van der Waals surface area contributed by atoms with Gasteiger partial charge in [-0.1, -0.05) is 0 Å². The SMILES string of the molecule is C#CCCCCC(=O)N1C[C@H](O)C[C@H]1C(=O)O. The molecule has 0 radical (unpaired) electrons. The van der Waals surface area contributed by atoms with Gasteiger partial charge in [-0.05, 0) is 12.8 Å². The first-order valence-corrected chi connectivity index (χ1v) is 5.70. The summed E-state index contributed by atoms with van der Waals surface area (Å²) < 4.78 is 0. The van der Waals surface area contributed by atoms with Gasteiger partial charge >= 0.3 is 5.97 Å². The lowest BCUT2D eigenvalue weighted by Crippen LogP contribution is -2.40. The molecule has 5 nitrogen and oxygen atoms in total. The second-order valence-electron chi connectivity index (χ2n) is 4.20. The number of unbranched alkanes of at least 4 members (excludes halogenated alkanes) is 2. The van der Waals surface area contributed by atoms with Crippen molar-refractivity contribution >= 4 is 11.9 Å². The Morgan fingerprint density at radius 3 is 2.71 bits per heavy atom. The largest absolute Gasteiger partial charge is 0.480 e. The third-order valence-corrected chi connectivity index (χ3v) is 2.85. The van der Waals surface area contributed by atoms with Gasteiger partial charge in [-0.15, -0.1) is 12.3 Å².